The van der Waals surface area contributed by atoms with Crippen molar-refractivity contribution in [3.05, 3.63) is 59.7 Å². The molecule has 0 unspecified atom stereocenters. The van der Waals surface area contributed by atoms with Crippen molar-refractivity contribution in [3.63, 3.8) is 0 Å². The number of ether oxygens (including phenoxy) is 2. The van der Waals surface area contributed by atoms with E-state index in [2.05, 4.69) is 20.4 Å². The number of rotatable bonds is 6. The Hall–Kier alpha value is -3.46. The molecule has 0 atom stereocenters. The van der Waals surface area contributed by atoms with E-state index in [4.69, 9.17) is 13.9 Å². The van der Waals surface area contributed by atoms with Gasteiger partial charge in [0.25, 0.3) is 0 Å². The average molecular weight is 438 g/mol. The van der Waals surface area contributed by atoms with Crippen LogP contribution in [0.4, 0.5) is 4.39 Å². The molecule has 1 saturated heterocycles. The molecule has 3 heterocycles. The van der Waals surface area contributed by atoms with Crippen molar-refractivity contribution in [2.75, 3.05) is 26.4 Å². The molecule has 0 bridgehead atoms. The van der Waals surface area contributed by atoms with Crippen LogP contribution in [0.5, 0.6) is 11.5 Å². The van der Waals surface area contributed by atoms with Gasteiger partial charge in [-0.1, -0.05) is 6.07 Å². The fourth-order valence-electron chi connectivity index (χ4n) is 3.96. The Morgan fingerprint density at radius 2 is 1.84 bits per heavy atom. The summed E-state index contributed by atoms with van der Waals surface area (Å²) < 4.78 is 29.6. The molecule has 3 aromatic rings. The molecular formula is C23H23FN4O4. The molecule has 5 rings (SSSR count). The van der Waals surface area contributed by atoms with Gasteiger partial charge in [0.15, 0.2) is 11.5 Å². The van der Waals surface area contributed by atoms with E-state index in [1.807, 2.05) is 18.2 Å². The molecule has 1 N–H and O–H groups in total. The Bertz CT molecular complexity index is 1090. The molecule has 9 heteroatoms. The molecule has 2 aromatic carbocycles. The minimum Gasteiger partial charge on any atom is -0.454 e. The van der Waals surface area contributed by atoms with Gasteiger partial charge in [-0.15, -0.1) is 10.2 Å². The minimum absolute atomic E-state index is 0.0162. The van der Waals surface area contributed by atoms with Crippen LogP contribution in [0, 0.1) is 5.82 Å². The molecule has 1 amide bonds. The standard InChI is InChI=1S/C23H23FN4O4/c24-18-4-2-16(3-5-18)22-26-27-23(32-22)17-7-9-28(10-8-17)13-21(29)25-12-15-1-6-19-20(11-15)31-14-30-19/h1-6,11,17H,7-10,12-14H2,(H,25,29). The summed E-state index contributed by atoms with van der Waals surface area (Å²) in [6.07, 6.45) is 1.67. The Morgan fingerprint density at radius 1 is 1.06 bits per heavy atom. The van der Waals surface area contributed by atoms with Crippen LogP contribution in [0.3, 0.4) is 0 Å². The normalized spacial score (nSPS) is 16.3. The molecule has 0 spiro atoms. The molecule has 0 radical (unpaired) electrons. The number of carbonyl (C=O) groups is 1. The molecule has 166 valence electrons. The number of hydrogen-bond donors (Lipinski definition) is 1. The highest BCUT2D eigenvalue weighted by Crippen LogP contribution is 2.32. The van der Waals surface area contributed by atoms with Crippen molar-refractivity contribution in [3.8, 4) is 23.0 Å². The van der Waals surface area contributed by atoms with Gasteiger partial charge in [-0.2, -0.15) is 0 Å². The van der Waals surface area contributed by atoms with Gasteiger partial charge in [0.2, 0.25) is 24.5 Å². The average Bonchev–Trinajstić information content (AvgIpc) is 3.48. The number of halogens is 1. The van der Waals surface area contributed by atoms with Crippen LogP contribution < -0.4 is 14.8 Å². The maximum Gasteiger partial charge on any atom is 0.247 e. The van der Waals surface area contributed by atoms with Gasteiger partial charge in [-0.3, -0.25) is 9.69 Å². The topological polar surface area (TPSA) is 89.7 Å². The maximum atomic E-state index is 13.1. The van der Waals surface area contributed by atoms with Crippen LogP contribution in [0.1, 0.15) is 30.2 Å². The second-order valence-corrected chi connectivity index (χ2v) is 7.97. The summed E-state index contributed by atoms with van der Waals surface area (Å²) in [5, 5.41) is 11.2. The first kappa shape index (κ1) is 20.4. The highest BCUT2D eigenvalue weighted by molar-refractivity contribution is 5.78. The first-order valence-electron chi connectivity index (χ1n) is 10.6. The van der Waals surface area contributed by atoms with Crippen molar-refractivity contribution in [2.45, 2.75) is 25.3 Å². The molecule has 1 aromatic heterocycles. The van der Waals surface area contributed by atoms with Crippen LogP contribution in [0.15, 0.2) is 46.9 Å². The molecule has 2 aliphatic rings. The van der Waals surface area contributed by atoms with E-state index >= 15 is 0 Å². The van der Waals surface area contributed by atoms with Crippen molar-refractivity contribution < 1.29 is 23.1 Å². The Morgan fingerprint density at radius 3 is 2.66 bits per heavy atom. The van der Waals surface area contributed by atoms with E-state index in [-0.39, 0.29) is 24.4 Å². The fourth-order valence-corrected chi connectivity index (χ4v) is 3.96. The van der Waals surface area contributed by atoms with E-state index in [1.54, 1.807) is 12.1 Å². The number of carbonyl (C=O) groups excluding carboxylic acids is 1. The first-order valence-corrected chi connectivity index (χ1v) is 10.6. The third kappa shape index (κ3) is 4.57. The quantitative estimate of drug-likeness (QED) is 0.633. The lowest BCUT2D eigenvalue weighted by Crippen LogP contribution is -2.41. The lowest BCUT2D eigenvalue weighted by atomic mass is 9.97. The lowest BCUT2D eigenvalue weighted by Gasteiger charge is -2.29. The Labute approximate surface area is 184 Å². The van der Waals surface area contributed by atoms with Crippen LogP contribution in [0.25, 0.3) is 11.5 Å². The fraction of sp³-hybridized carbons (Fsp3) is 0.348. The maximum absolute atomic E-state index is 13.1. The lowest BCUT2D eigenvalue weighted by molar-refractivity contribution is -0.122. The largest absolute Gasteiger partial charge is 0.454 e. The Kier molecular flexibility index (Phi) is 5.72. The third-order valence-electron chi connectivity index (χ3n) is 5.76. The molecule has 8 nitrogen and oxygen atoms in total. The molecule has 0 saturated carbocycles. The van der Waals surface area contributed by atoms with Gasteiger partial charge in [-0.25, -0.2) is 4.39 Å². The van der Waals surface area contributed by atoms with E-state index in [0.717, 1.165) is 37.2 Å². The first-order chi connectivity index (χ1) is 15.6. The predicted octanol–water partition coefficient (Wildman–Crippen LogP) is 3.10. The van der Waals surface area contributed by atoms with E-state index in [9.17, 15) is 9.18 Å². The number of likely N-dealkylation sites (tertiary alicyclic amines) is 1. The van der Waals surface area contributed by atoms with Crippen molar-refractivity contribution in [1.82, 2.24) is 20.4 Å². The number of aromatic nitrogens is 2. The monoisotopic (exact) mass is 438 g/mol. The zero-order valence-corrected chi connectivity index (χ0v) is 17.4. The summed E-state index contributed by atoms with van der Waals surface area (Å²) in [5.41, 5.74) is 1.66. The summed E-state index contributed by atoms with van der Waals surface area (Å²) in [5.74, 6) is 2.26. The van der Waals surface area contributed by atoms with Gasteiger partial charge < -0.3 is 19.2 Å². The van der Waals surface area contributed by atoms with E-state index in [0.29, 0.717) is 36.2 Å². The predicted molar refractivity (Wildman–Crippen MR) is 113 cm³/mol. The van der Waals surface area contributed by atoms with Crippen LogP contribution >= 0.6 is 0 Å². The summed E-state index contributed by atoms with van der Waals surface area (Å²) in [4.78, 5) is 14.5. The smallest absolute Gasteiger partial charge is 0.247 e. The zero-order valence-electron chi connectivity index (χ0n) is 17.4. The summed E-state index contributed by atoms with van der Waals surface area (Å²) >= 11 is 0. The van der Waals surface area contributed by atoms with Crippen LogP contribution in [-0.4, -0.2) is 47.4 Å². The number of amides is 1. The zero-order chi connectivity index (χ0) is 21.9. The summed E-state index contributed by atoms with van der Waals surface area (Å²) in [7, 11) is 0. The van der Waals surface area contributed by atoms with Gasteiger partial charge in [0.05, 0.1) is 6.54 Å². The molecule has 32 heavy (non-hydrogen) atoms. The molecule has 2 aliphatic heterocycles. The Balaban J connectivity index is 1.09. The van der Waals surface area contributed by atoms with E-state index in [1.165, 1.54) is 12.1 Å². The number of hydrogen-bond acceptors (Lipinski definition) is 7. The number of fused-ring (bicyclic) bond motifs is 1. The number of benzene rings is 2. The van der Waals surface area contributed by atoms with Gasteiger partial charge in [0.1, 0.15) is 5.82 Å². The van der Waals surface area contributed by atoms with Gasteiger partial charge in [-0.05, 0) is 67.9 Å². The van der Waals surface area contributed by atoms with Crippen LogP contribution in [-0.2, 0) is 11.3 Å². The van der Waals surface area contributed by atoms with Crippen molar-refractivity contribution >= 4 is 5.91 Å². The highest BCUT2D eigenvalue weighted by atomic mass is 19.1. The van der Waals surface area contributed by atoms with E-state index < -0.39 is 0 Å². The second kappa shape index (κ2) is 8.96. The summed E-state index contributed by atoms with van der Waals surface area (Å²) in [6, 6.07) is 11.6. The third-order valence-corrected chi connectivity index (χ3v) is 5.76. The number of nitrogens with zero attached hydrogens (tertiary/aromatic N) is 3. The molecule has 0 aliphatic carbocycles. The van der Waals surface area contributed by atoms with Crippen molar-refractivity contribution in [1.29, 1.82) is 0 Å². The van der Waals surface area contributed by atoms with Crippen LogP contribution in [0.2, 0.25) is 0 Å². The minimum atomic E-state index is -0.305. The van der Waals surface area contributed by atoms with Gasteiger partial charge in [0, 0.05) is 18.0 Å². The SMILES string of the molecule is O=C(CN1CCC(c2nnc(-c3ccc(F)cc3)o2)CC1)NCc1ccc2c(c1)OCO2. The second-order valence-electron chi connectivity index (χ2n) is 7.97. The summed E-state index contributed by atoms with van der Waals surface area (Å²) in [6.45, 7) is 2.58. The molecular weight excluding hydrogens is 415 g/mol. The molecule has 1 fully saturated rings. The van der Waals surface area contributed by atoms with Gasteiger partial charge >= 0.3 is 0 Å². The number of nitrogens with one attached hydrogen (secondary N) is 1. The number of piperidine rings is 1. The van der Waals surface area contributed by atoms with Crippen molar-refractivity contribution in [2.24, 2.45) is 0 Å². The highest BCUT2D eigenvalue weighted by Gasteiger charge is 2.26.